The average molecular weight is 322 g/mol. The summed E-state index contributed by atoms with van der Waals surface area (Å²) < 4.78 is 0. The van der Waals surface area contributed by atoms with E-state index in [1.807, 2.05) is 6.29 Å². The number of carbonyl (C=O) groups excluding carboxylic acids is 1. The molecule has 0 aromatic rings. The maximum atomic E-state index is 10.2. The zero-order valence-corrected chi connectivity index (χ0v) is 16.5. The van der Waals surface area contributed by atoms with Gasteiger partial charge in [0.2, 0.25) is 0 Å². The van der Waals surface area contributed by atoms with Crippen molar-refractivity contribution in [2.75, 3.05) is 0 Å². The molecule has 1 nitrogen and oxygen atoms in total. The SMILES string of the molecule is CC(=CCC[C]=O)CCCC(C)CCCC(C)CCCC(C)C. The lowest BCUT2D eigenvalue weighted by molar-refractivity contribution is 0.389. The van der Waals surface area contributed by atoms with E-state index in [2.05, 4.69) is 40.7 Å². The first-order chi connectivity index (χ1) is 11.0. The summed E-state index contributed by atoms with van der Waals surface area (Å²) in [6, 6.07) is 0. The number of allylic oxidation sites excluding steroid dienone is 2. The van der Waals surface area contributed by atoms with Crippen LogP contribution in [0.25, 0.3) is 0 Å². The highest BCUT2D eigenvalue weighted by atomic mass is 16.1. The molecule has 0 heterocycles. The largest absolute Gasteiger partial charge is 0.291 e. The number of rotatable bonds is 15. The van der Waals surface area contributed by atoms with Gasteiger partial charge in [-0.25, -0.2) is 0 Å². The van der Waals surface area contributed by atoms with Crippen LogP contribution in [0.5, 0.6) is 0 Å². The van der Waals surface area contributed by atoms with Crippen LogP contribution in [0.1, 0.15) is 105 Å². The van der Waals surface area contributed by atoms with Crippen LogP contribution in [0.4, 0.5) is 0 Å². The van der Waals surface area contributed by atoms with E-state index in [1.54, 1.807) is 0 Å². The molecule has 23 heavy (non-hydrogen) atoms. The van der Waals surface area contributed by atoms with E-state index in [0.717, 1.165) is 24.2 Å². The first-order valence-electron chi connectivity index (χ1n) is 9.96. The fraction of sp³-hybridized carbons (Fsp3) is 0.864. The Morgan fingerprint density at radius 1 is 0.870 bits per heavy atom. The molecule has 0 aliphatic rings. The van der Waals surface area contributed by atoms with Crippen molar-refractivity contribution in [1.29, 1.82) is 0 Å². The third kappa shape index (κ3) is 16.1. The molecule has 0 fully saturated rings. The molecular formula is C22H41O. The summed E-state index contributed by atoms with van der Waals surface area (Å²) in [5.74, 6) is 2.62. The molecule has 2 atom stereocenters. The van der Waals surface area contributed by atoms with Crippen molar-refractivity contribution in [2.45, 2.75) is 105 Å². The lowest BCUT2D eigenvalue weighted by Crippen LogP contribution is -2.00. The second-order valence-electron chi connectivity index (χ2n) is 8.09. The molecule has 0 aromatic heterocycles. The zero-order chi connectivity index (χ0) is 17.5. The fourth-order valence-corrected chi connectivity index (χ4v) is 3.19. The van der Waals surface area contributed by atoms with E-state index in [4.69, 9.17) is 0 Å². The van der Waals surface area contributed by atoms with Crippen LogP contribution in [-0.4, -0.2) is 6.29 Å². The Labute approximate surface area is 146 Å². The predicted molar refractivity (Wildman–Crippen MR) is 103 cm³/mol. The van der Waals surface area contributed by atoms with Gasteiger partial charge in [-0.1, -0.05) is 84.3 Å². The molecule has 0 rings (SSSR count). The standard InChI is InChI=1S/C22H41O/c1-19(2)11-8-13-21(4)15-10-17-22(5)16-9-14-20(3)12-6-7-18-23/h12,19,21-22H,6-11,13-17H2,1-5H3. The van der Waals surface area contributed by atoms with Gasteiger partial charge in [-0.15, -0.1) is 0 Å². The Morgan fingerprint density at radius 3 is 1.91 bits per heavy atom. The number of unbranched alkanes of at least 4 members (excludes halogenated alkanes) is 1. The minimum Gasteiger partial charge on any atom is -0.291 e. The summed E-state index contributed by atoms with van der Waals surface area (Å²) in [6.07, 6.45) is 17.8. The van der Waals surface area contributed by atoms with Crippen molar-refractivity contribution in [2.24, 2.45) is 17.8 Å². The molecule has 2 unspecified atom stereocenters. The van der Waals surface area contributed by atoms with E-state index < -0.39 is 0 Å². The second-order valence-corrected chi connectivity index (χ2v) is 8.09. The van der Waals surface area contributed by atoms with Gasteiger partial charge in [-0.05, 0) is 43.9 Å². The summed E-state index contributed by atoms with van der Waals surface area (Å²) in [5, 5.41) is 0. The van der Waals surface area contributed by atoms with E-state index in [-0.39, 0.29) is 0 Å². The van der Waals surface area contributed by atoms with Gasteiger partial charge >= 0.3 is 0 Å². The van der Waals surface area contributed by atoms with Gasteiger partial charge in [0.1, 0.15) is 0 Å². The van der Waals surface area contributed by atoms with E-state index in [1.165, 1.54) is 63.4 Å². The van der Waals surface area contributed by atoms with E-state index in [0.29, 0.717) is 6.42 Å². The molecular weight excluding hydrogens is 280 g/mol. The zero-order valence-electron chi connectivity index (χ0n) is 16.5. The molecule has 0 spiro atoms. The first-order valence-corrected chi connectivity index (χ1v) is 9.96. The van der Waals surface area contributed by atoms with Crippen molar-refractivity contribution in [3.8, 4) is 0 Å². The van der Waals surface area contributed by atoms with Gasteiger partial charge < -0.3 is 0 Å². The molecule has 1 radical (unpaired) electrons. The normalized spacial score (nSPS) is 15.0. The molecule has 0 saturated heterocycles. The Bertz CT molecular complexity index is 303. The highest BCUT2D eigenvalue weighted by Crippen LogP contribution is 2.22. The minimum atomic E-state index is 0.545. The van der Waals surface area contributed by atoms with Gasteiger partial charge in [0.05, 0.1) is 0 Å². The van der Waals surface area contributed by atoms with Gasteiger partial charge in [-0.3, -0.25) is 4.79 Å². The van der Waals surface area contributed by atoms with Crippen LogP contribution in [0.3, 0.4) is 0 Å². The van der Waals surface area contributed by atoms with Crippen molar-refractivity contribution < 1.29 is 4.79 Å². The quantitative estimate of drug-likeness (QED) is 0.229. The lowest BCUT2D eigenvalue weighted by atomic mass is 9.91. The second kappa shape index (κ2) is 15.0. The molecule has 0 N–H and O–H groups in total. The Balaban J connectivity index is 3.57. The van der Waals surface area contributed by atoms with E-state index >= 15 is 0 Å². The number of hydrogen-bond donors (Lipinski definition) is 0. The summed E-state index contributed by atoms with van der Waals surface area (Å²) in [4.78, 5) is 10.2. The van der Waals surface area contributed by atoms with Crippen LogP contribution in [0.15, 0.2) is 11.6 Å². The van der Waals surface area contributed by atoms with Crippen LogP contribution in [0, 0.1) is 17.8 Å². The summed E-state index contributed by atoms with van der Waals surface area (Å²) in [5.41, 5.74) is 1.44. The lowest BCUT2D eigenvalue weighted by Gasteiger charge is -2.15. The summed E-state index contributed by atoms with van der Waals surface area (Å²) >= 11 is 0. The predicted octanol–water partition coefficient (Wildman–Crippen LogP) is 7.26. The molecule has 0 amide bonds. The van der Waals surface area contributed by atoms with Crippen LogP contribution in [0.2, 0.25) is 0 Å². The molecule has 1 heteroatoms. The van der Waals surface area contributed by atoms with Gasteiger partial charge in [0, 0.05) is 6.42 Å². The van der Waals surface area contributed by atoms with Crippen LogP contribution < -0.4 is 0 Å². The van der Waals surface area contributed by atoms with Crippen molar-refractivity contribution >= 4 is 6.29 Å². The third-order valence-corrected chi connectivity index (χ3v) is 4.88. The maximum absolute atomic E-state index is 10.2. The topological polar surface area (TPSA) is 17.1 Å². The van der Waals surface area contributed by atoms with Crippen LogP contribution in [-0.2, 0) is 4.79 Å². The highest BCUT2D eigenvalue weighted by Gasteiger charge is 2.06. The monoisotopic (exact) mass is 321 g/mol. The van der Waals surface area contributed by atoms with Gasteiger partial charge in [-0.2, -0.15) is 0 Å². The molecule has 0 aromatic carbocycles. The third-order valence-electron chi connectivity index (χ3n) is 4.88. The maximum Gasteiger partial charge on any atom is 0.198 e. The summed E-state index contributed by atoms with van der Waals surface area (Å²) in [7, 11) is 0. The van der Waals surface area contributed by atoms with Crippen molar-refractivity contribution in [3.05, 3.63) is 11.6 Å². The average Bonchev–Trinajstić information content (AvgIpc) is 2.47. The smallest absolute Gasteiger partial charge is 0.198 e. The molecule has 0 bridgehead atoms. The first kappa shape index (κ1) is 22.4. The van der Waals surface area contributed by atoms with Gasteiger partial charge in [0.25, 0.3) is 0 Å². The minimum absolute atomic E-state index is 0.545. The molecule has 0 aliphatic heterocycles. The number of hydrogen-bond acceptors (Lipinski definition) is 1. The van der Waals surface area contributed by atoms with Crippen molar-refractivity contribution in [1.82, 2.24) is 0 Å². The fourth-order valence-electron chi connectivity index (χ4n) is 3.19. The Morgan fingerprint density at radius 2 is 1.39 bits per heavy atom. The Kier molecular flexibility index (Phi) is 14.6. The molecule has 135 valence electrons. The Hall–Kier alpha value is -0.590. The molecule has 0 aliphatic carbocycles. The highest BCUT2D eigenvalue weighted by molar-refractivity contribution is 5.50. The van der Waals surface area contributed by atoms with Crippen molar-refractivity contribution in [3.63, 3.8) is 0 Å². The van der Waals surface area contributed by atoms with E-state index in [9.17, 15) is 4.79 Å². The summed E-state index contributed by atoms with van der Waals surface area (Å²) in [6.45, 7) is 11.7. The van der Waals surface area contributed by atoms with Crippen LogP contribution >= 0.6 is 0 Å². The van der Waals surface area contributed by atoms with Gasteiger partial charge in [0.15, 0.2) is 6.29 Å². The molecule has 0 saturated carbocycles.